The molecule has 0 radical (unpaired) electrons. The normalized spacial score (nSPS) is 25.3. The molecule has 2 atom stereocenters. The predicted octanol–water partition coefficient (Wildman–Crippen LogP) is 2.88. The largest absolute Gasteiger partial charge is 0.445 e. The van der Waals surface area contributed by atoms with Crippen molar-refractivity contribution < 1.29 is 23.9 Å². The van der Waals surface area contributed by atoms with E-state index in [1.54, 1.807) is 43.3 Å². The zero-order chi connectivity index (χ0) is 22.2. The smallest absolute Gasteiger partial charge is 0.339 e. The third-order valence-corrected chi connectivity index (χ3v) is 6.33. The van der Waals surface area contributed by atoms with Crippen molar-refractivity contribution in [3.8, 4) is 0 Å². The first kappa shape index (κ1) is 20.8. The molecule has 7 nitrogen and oxygen atoms in total. The molecule has 2 unspecified atom stereocenters. The van der Waals surface area contributed by atoms with Gasteiger partial charge in [0, 0.05) is 18.5 Å². The molecule has 2 aromatic rings. The number of cyclic esters (lactones) is 1. The highest BCUT2D eigenvalue weighted by molar-refractivity contribution is 6.04. The van der Waals surface area contributed by atoms with Gasteiger partial charge in [-0.3, -0.25) is 19.7 Å². The molecule has 7 heteroatoms. The number of carbonyl (C=O) groups is 4. The molecule has 0 bridgehead atoms. The van der Waals surface area contributed by atoms with Crippen LogP contribution in [0.25, 0.3) is 0 Å². The van der Waals surface area contributed by atoms with Gasteiger partial charge in [0.05, 0.1) is 11.0 Å². The molecular weight excluding hydrogens is 396 g/mol. The summed E-state index contributed by atoms with van der Waals surface area (Å²) in [4.78, 5) is 49.4. The van der Waals surface area contributed by atoms with Gasteiger partial charge < -0.3 is 10.1 Å². The number of rotatable bonds is 4. The van der Waals surface area contributed by atoms with E-state index in [-0.39, 0.29) is 18.2 Å². The fourth-order valence-corrected chi connectivity index (χ4v) is 4.36. The van der Waals surface area contributed by atoms with Gasteiger partial charge in [-0.05, 0) is 49.1 Å². The van der Waals surface area contributed by atoms with Gasteiger partial charge in [-0.2, -0.15) is 0 Å². The predicted molar refractivity (Wildman–Crippen MR) is 113 cm³/mol. The van der Waals surface area contributed by atoms with E-state index >= 15 is 0 Å². The first-order chi connectivity index (χ1) is 14.8. The summed E-state index contributed by atoms with van der Waals surface area (Å²) < 4.78 is 5.47. The number of esters is 1. The Labute approximate surface area is 180 Å². The highest BCUT2D eigenvalue weighted by Gasteiger charge is 2.44. The van der Waals surface area contributed by atoms with E-state index in [9.17, 15) is 19.2 Å². The second-order valence-corrected chi connectivity index (χ2v) is 8.30. The summed E-state index contributed by atoms with van der Waals surface area (Å²) in [6, 6.07) is 14.1. The minimum absolute atomic E-state index is 0.255. The standard InChI is InChI=1S/C24H24N2O5/c1-3-24(13-12-19(27)26-22(24)30)16-8-10-17(11-9-16)25-21(29)23(2)14-15-6-4-5-7-18(15)20(28)31-23/h4-11H,3,12-14H2,1-2H3,(H,25,29)(H,26,27,30). The van der Waals surface area contributed by atoms with Gasteiger partial charge in [0.15, 0.2) is 5.60 Å². The molecular formula is C24H24N2O5. The summed E-state index contributed by atoms with van der Waals surface area (Å²) in [5.74, 6) is -1.48. The SMILES string of the molecule is CCC1(c2ccc(NC(=O)C3(C)Cc4ccccc4C(=O)O3)cc2)CCC(=O)NC1=O. The minimum Gasteiger partial charge on any atom is -0.445 e. The summed E-state index contributed by atoms with van der Waals surface area (Å²) in [7, 11) is 0. The zero-order valence-electron chi connectivity index (χ0n) is 17.5. The first-order valence-corrected chi connectivity index (χ1v) is 10.3. The van der Waals surface area contributed by atoms with E-state index < -0.39 is 22.9 Å². The van der Waals surface area contributed by atoms with Crippen molar-refractivity contribution in [2.45, 2.75) is 50.5 Å². The van der Waals surface area contributed by atoms with E-state index in [2.05, 4.69) is 10.6 Å². The summed E-state index contributed by atoms with van der Waals surface area (Å²) >= 11 is 0. The highest BCUT2D eigenvalue weighted by atomic mass is 16.6. The molecule has 3 amide bonds. The number of fused-ring (bicyclic) bond motifs is 1. The van der Waals surface area contributed by atoms with Crippen LogP contribution in [0.3, 0.4) is 0 Å². The van der Waals surface area contributed by atoms with Crippen LogP contribution in [0.15, 0.2) is 48.5 Å². The fraction of sp³-hybridized carbons (Fsp3) is 0.333. The Morgan fingerprint density at radius 3 is 2.48 bits per heavy atom. The lowest BCUT2D eigenvalue weighted by Crippen LogP contribution is -2.51. The summed E-state index contributed by atoms with van der Waals surface area (Å²) in [5, 5.41) is 5.24. The van der Waals surface area contributed by atoms with Crippen LogP contribution in [0, 0.1) is 0 Å². The monoisotopic (exact) mass is 420 g/mol. The van der Waals surface area contributed by atoms with E-state index in [1.165, 1.54) is 0 Å². The van der Waals surface area contributed by atoms with Crippen molar-refractivity contribution in [2.75, 3.05) is 5.32 Å². The van der Waals surface area contributed by atoms with Crippen molar-refractivity contribution in [1.29, 1.82) is 0 Å². The lowest BCUT2D eigenvalue weighted by molar-refractivity contribution is -0.138. The van der Waals surface area contributed by atoms with Crippen LogP contribution in [0.2, 0.25) is 0 Å². The molecule has 0 saturated carbocycles. The van der Waals surface area contributed by atoms with Crippen molar-refractivity contribution in [1.82, 2.24) is 5.32 Å². The van der Waals surface area contributed by atoms with Crippen LogP contribution in [-0.2, 0) is 31.0 Å². The average molecular weight is 420 g/mol. The lowest BCUT2D eigenvalue weighted by Gasteiger charge is -2.35. The summed E-state index contributed by atoms with van der Waals surface area (Å²) in [5.41, 5.74) is 0.495. The quantitative estimate of drug-likeness (QED) is 0.585. The van der Waals surface area contributed by atoms with Crippen molar-refractivity contribution in [3.63, 3.8) is 0 Å². The van der Waals surface area contributed by atoms with Gasteiger partial charge in [-0.15, -0.1) is 0 Å². The van der Waals surface area contributed by atoms with Gasteiger partial charge in [0.1, 0.15) is 0 Å². The Morgan fingerprint density at radius 2 is 1.81 bits per heavy atom. The topological polar surface area (TPSA) is 102 Å². The molecule has 2 heterocycles. The number of hydrogen-bond acceptors (Lipinski definition) is 5. The molecule has 2 aromatic carbocycles. The maximum Gasteiger partial charge on any atom is 0.339 e. The molecule has 0 spiro atoms. The number of carbonyl (C=O) groups excluding carboxylic acids is 4. The van der Waals surface area contributed by atoms with Crippen molar-refractivity contribution in [3.05, 3.63) is 65.2 Å². The van der Waals surface area contributed by atoms with E-state index in [4.69, 9.17) is 4.74 Å². The minimum atomic E-state index is -1.32. The van der Waals surface area contributed by atoms with Gasteiger partial charge in [-0.1, -0.05) is 37.3 Å². The maximum absolute atomic E-state index is 12.9. The number of ether oxygens (including phenoxy) is 1. The molecule has 0 aliphatic carbocycles. The molecule has 4 rings (SSSR count). The Hall–Kier alpha value is -3.48. The molecule has 0 aromatic heterocycles. The number of nitrogens with one attached hydrogen (secondary N) is 2. The van der Waals surface area contributed by atoms with Crippen LogP contribution in [0.5, 0.6) is 0 Å². The molecule has 31 heavy (non-hydrogen) atoms. The molecule has 160 valence electrons. The Morgan fingerprint density at radius 1 is 1.10 bits per heavy atom. The molecule has 2 aliphatic heterocycles. The van der Waals surface area contributed by atoms with E-state index in [0.717, 1.165) is 11.1 Å². The maximum atomic E-state index is 12.9. The fourth-order valence-electron chi connectivity index (χ4n) is 4.36. The number of anilines is 1. The third kappa shape index (κ3) is 3.60. The lowest BCUT2D eigenvalue weighted by atomic mass is 9.72. The number of imide groups is 1. The van der Waals surface area contributed by atoms with Gasteiger partial charge in [-0.25, -0.2) is 4.79 Å². The number of piperidine rings is 1. The summed E-state index contributed by atoms with van der Waals surface area (Å²) in [6.07, 6.45) is 1.59. The Kier molecular flexibility index (Phi) is 5.13. The molecule has 1 saturated heterocycles. The zero-order valence-corrected chi connectivity index (χ0v) is 17.5. The van der Waals surface area contributed by atoms with Crippen LogP contribution < -0.4 is 10.6 Å². The van der Waals surface area contributed by atoms with Crippen LogP contribution in [0.1, 0.15) is 54.6 Å². The average Bonchev–Trinajstić information content (AvgIpc) is 2.75. The number of hydrogen-bond donors (Lipinski definition) is 2. The van der Waals surface area contributed by atoms with E-state index in [0.29, 0.717) is 30.5 Å². The third-order valence-electron chi connectivity index (χ3n) is 6.33. The number of amides is 3. The Balaban J connectivity index is 1.52. The van der Waals surface area contributed by atoms with E-state index in [1.807, 2.05) is 19.1 Å². The van der Waals surface area contributed by atoms with Gasteiger partial charge in [0.25, 0.3) is 5.91 Å². The highest BCUT2D eigenvalue weighted by Crippen LogP contribution is 2.36. The second kappa shape index (κ2) is 7.65. The van der Waals surface area contributed by atoms with Crippen LogP contribution >= 0.6 is 0 Å². The number of benzene rings is 2. The van der Waals surface area contributed by atoms with Crippen molar-refractivity contribution in [2.24, 2.45) is 0 Å². The molecule has 2 aliphatic rings. The van der Waals surface area contributed by atoms with Gasteiger partial charge >= 0.3 is 5.97 Å². The van der Waals surface area contributed by atoms with Crippen molar-refractivity contribution >= 4 is 29.4 Å². The first-order valence-electron chi connectivity index (χ1n) is 10.3. The Bertz CT molecular complexity index is 1080. The summed E-state index contributed by atoms with van der Waals surface area (Å²) in [6.45, 7) is 3.52. The molecule has 2 N–H and O–H groups in total. The second-order valence-electron chi connectivity index (χ2n) is 8.30. The van der Waals surface area contributed by atoms with Crippen LogP contribution in [-0.4, -0.2) is 29.3 Å². The van der Waals surface area contributed by atoms with Crippen LogP contribution in [0.4, 0.5) is 5.69 Å². The molecule has 1 fully saturated rings. The van der Waals surface area contributed by atoms with Gasteiger partial charge in [0.2, 0.25) is 11.8 Å².